The van der Waals surface area contributed by atoms with Crippen LogP contribution in [0.1, 0.15) is 15.9 Å². The maximum atomic E-state index is 12.2. The summed E-state index contributed by atoms with van der Waals surface area (Å²) in [5.74, 6) is 0.464. The molecule has 1 aromatic carbocycles. The summed E-state index contributed by atoms with van der Waals surface area (Å²) in [6.07, 6.45) is 3.14. The van der Waals surface area contributed by atoms with Crippen molar-refractivity contribution in [3.63, 3.8) is 0 Å². The molecule has 24 heavy (non-hydrogen) atoms. The molecule has 6 nitrogen and oxygen atoms in total. The molecule has 1 aliphatic rings. The molecule has 1 fully saturated rings. The molecule has 1 aromatic heterocycles. The van der Waals surface area contributed by atoms with Gasteiger partial charge >= 0.3 is 0 Å². The van der Waals surface area contributed by atoms with Gasteiger partial charge in [-0.15, -0.1) is 0 Å². The number of hydrogen-bond donors (Lipinski definition) is 1. The van der Waals surface area contributed by atoms with Gasteiger partial charge in [-0.05, 0) is 18.7 Å². The Morgan fingerprint density at radius 3 is 2.50 bits per heavy atom. The number of hydrogen-bond acceptors (Lipinski definition) is 5. The topological polar surface area (TPSA) is 61.4 Å². The van der Waals surface area contributed by atoms with Gasteiger partial charge in [0.15, 0.2) is 0 Å². The van der Waals surface area contributed by atoms with Crippen LogP contribution in [-0.4, -0.2) is 54.0 Å². The minimum absolute atomic E-state index is 0.208. The number of piperazine rings is 1. The van der Waals surface area contributed by atoms with Crippen LogP contribution in [0, 0.1) is 0 Å². The number of rotatable bonds is 4. The maximum absolute atomic E-state index is 12.2. The summed E-state index contributed by atoms with van der Waals surface area (Å²) in [5, 5.41) is 3.48. The quantitative estimate of drug-likeness (QED) is 0.915. The second-order valence-electron chi connectivity index (χ2n) is 5.84. The number of benzene rings is 1. The average Bonchev–Trinajstić information content (AvgIpc) is 2.62. The first kappa shape index (κ1) is 16.7. The van der Waals surface area contributed by atoms with Crippen LogP contribution in [0.4, 0.5) is 5.95 Å². The molecular formula is C17H20ClN5O. The number of nitrogens with one attached hydrogen (secondary N) is 1. The molecule has 126 valence electrons. The molecule has 1 amide bonds. The predicted octanol–water partition coefficient (Wildman–Crippen LogP) is 1.81. The third kappa shape index (κ3) is 4.01. The van der Waals surface area contributed by atoms with Crippen molar-refractivity contribution in [2.75, 3.05) is 38.1 Å². The van der Waals surface area contributed by atoms with Gasteiger partial charge in [-0.3, -0.25) is 4.79 Å². The maximum Gasteiger partial charge on any atom is 0.254 e. The van der Waals surface area contributed by atoms with Crippen LogP contribution >= 0.6 is 11.6 Å². The molecule has 1 aliphatic heterocycles. The SMILES string of the molecule is CN1CCN(c2ncc(C(=O)NCc3ccccc3Cl)cn2)CC1. The normalized spacial score (nSPS) is 15.3. The van der Waals surface area contributed by atoms with Crippen LogP contribution in [0.2, 0.25) is 5.02 Å². The van der Waals surface area contributed by atoms with Gasteiger partial charge in [-0.2, -0.15) is 0 Å². The van der Waals surface area contributed by atoms with Crippen LogP contribution in [0.3, 0.4) is 0 Å². The Hall–Kier alpha value is -2.18. The monoisotopic (exact) mass is 345 g/mol. The Kier molecular flexibility index (Phi) is 5.27. The van der Waals surface area contributed by atoms with Gasteiger partial charge < -0.3 is 15.1 Å². The number of halogens is 1. The molecular weight excluding hydrogens is 326 g/mol. The van der Waals surface area contributed by atoms with E-state index in [0.717, 1.165) is 31.7 Å². The van der Waals surface area contributed by atoms with Crippen LogP contribution in [0.5, 0.6) is 0 Å². The van der Waals surface area contributed by atoms with Gasteiger partial charge in [0, 0.05) is 50.1 Å². The highest BCUT2D eigenvalue weighted by Crippen LogP contribution is 2.15. The lowest BCUT2D eigenvalue weighted by Crippen LogP contribution is -2.45. The lowest BCUT2D eigenvalue weighted by molar-refractivity contribution is 0.0950. The molecule has 7 heteroatoms. The molecule has 0 spiro atoms. The van der Waals surface area contributed by atoms with Gasteiger partial charge in [0.05, 0.1) is 5.56 Å². The van der Waals surface area contributed by atoms with Crippen LogP contribution < -0.4 is 10.2 Å². The van der Waals surface area contributed by atoms with E-state index in [-0.39, 0.29) is 5.91 Å². The zero-order valence-corrected chi connectivity index (χ0v) is 14.3. The van der Waals surface area contributed by atoms with E-state index >= 15 is 0 Å². The fraction of sp³-hybridized carbons (Fsp3) is 0.353. The van der Waals surface area contributed by atoms with Crippen LogP contribution in [0.25, 0.3) is 0 Å². The molecule has 3 rings (SSSR count). The summed E-state index contributed by atoms with van der Waals surface area (Å²) in [5.41, 5.74) is 1.32. The Morgan fingerprint density at radius 2 is 1.83 bits per heavy atom. The number of amides is 1. The highest BCUT2D eigenvalue weighted by molar-refractivity contribution is 6.31. The van der Waals surface area contributed by atoms with Crippen molar-refractivity contribution < 1.29 is 4.79 Å². The van der Waals surface area contributed by atoms with Gasteiger partial charge in [0.2, 0.25) is 5.95 Å². The number of likely N-dealkylation sites (N-methyl/N-ethyl adjacent to an activating group) is 1. The number of aromatic nitrogens is 2. The predicted molar refractivity (Wildman–Crippen MR) is 94.4 cm³/mol. The molecule has 0 aliphatic carbocycles. The first-order chi connectivity index (χ1) is 11.6. The second-order valence-corrected chi connectivity index (χ2v) is 6.24. The minimum atomic E-state index is -0.208. The van der Waals surface area contributed by atoms with Gasteiger partial charge in [0.1, 0.15) is 0 Å². The molecule has 0 bridgehead atoms. The number of anilines is 1. The van der Waals surface area contributed by atoms with Crippen molar-refractivity contribution in [1.29, 1.82) is 0 Å². The van der Waals surface area contributed by atoms with Crippen molar-refractivity contribution in [3.8, 4) is 0 Å². The van der Waals surface area contributed by atoms with E-state index in [2.05, 4.69) is 32.1 Å². The van der Waals surface area contributed by atoms with Crippen molar-refractivity contribution >= 4 is 23.5 Å². The fourth-order valence-electron chi connectivity index (χ4n) is 2.53. The third-order valence-electron chi connectivity index (χ3n) is 4.08. The molecule has 0 unspecified atom stereocenters. The van der Waals surface area contributed by atoms with E-state index in [1.807, 2.05) is 18.2 Å². The summed E-state index contributed by atoms with van der Waals surface area (Å²) in [6, 6.07) is 7.44. The zero-order chi connectivity index (χ0) is 16.9. The average molecular weight is 346 g/mol. The molecule has 1 saturated heterocycles. The fourth-order valence-corrected chi connectivity index (χ4v) is 2.73. The summed E-state index contributed by atoms with van der Waals surface area (Å²) >= 11 is 6.09. The number of nitrogens with zero attached hydrogens (tertiary/aromatic N) is 4. The van der Waals surface area contributed by atoms with Crippen LogP contribution in [-0.2, 0) is 6.54 Å². The zero-order valence-electron chi connectivity index (χ0n) is 13.6. The van der Waals surface area contributed by atoms with E-state index < -0.39 is 0 Å². The summed E-state index contributed by atoms with van der Waals surface area (Å²) in [6.45, 7) is 4.15. The van der Waals surface area contributed by atoms with Crippen LogP contribution in [0.15, 0.2) is 36.7 Å². The van der Waals surface area contributed by atoms with E-state index in [9.17, 15) is 4.79 Å². The molecule has 2 heterocycles. The lowest BCUT2D eigenvalue weighted by Gasteiger charge is -2.32. The van der Waals surface area contributed by atoms with Crippen molar-refractivity contribution in [1.82, 2.24) is 20.2 Å². The van der Waals surface area contributed by atoms with Crippen molar-refractivity contribution in [2.45, 2.75) is 6.54 Å². The van der Waals surface area contributed by atoms with Gasteiger partial charge in [0.25, 0.3) is 5.91 Å². The number of carbonyl (C=O) groups excluding carboxylic acids is 1. The van der Waals surface area contributed by atoms with E-state index in [1.54, 1.807) is 18.5 Å². The second kappa shape index (κ2) is 7.59. The highest BCUT2D eigenvalue weighted by Gasteiger charge is 2.17. The molecule has 1 N–H and O–H groups in total. The standard InChI is InChI=1S/C17H20ClN5O/c1-22-6-8-23(9-7-22)17-20-11-14(12-21-17)16(24)19-10-13-4-2-3-5-15(13)18/h2-5,11-12H,6-10H2,1H3,(H,19,24). The Morgan fingerprint density at radius 1 is 1.17 bits per heavy atom. The summed E-state index contributed by atoms with van der Waals surface area (Å²) < 4.78 is 0. The molecule has 0 saturated carbocycles. The van der Waals surface area contributed by atoms with Crippen molar-refractivity contribution in [2.24, 2.45) is 0 Å². The first-order valence-electron chi connectivity index (χ1n) is 7.90. The van der Waals surface area contributed by atoms with E-state index in [4.69, 9.17) is 11.6 Å². The smallest absolute Gasteiger partial charge is 0.254 e. The third-order valence-corrected chi connectivity index (χ3v) is 4.45. The Labute approximate surface area is 146 Å². The lowest BCUT2D eigenvalue weighted by atomic mass is 10.2. The molecule has 2 aromatic rings. The van der Waals surface area contributed by atoms with Crippen molar-refractivity contribution in [3.05, 3.63) is 52.8 Å². The first-order valence-corrected chi connectivity index (χ1v) is 8.28. The van der Waals surface area contributed by atoms with E-state index in [1.165, 1.54) is 0 Å². The highest BCUT2D eigenvalue weighted by atomic mass is 35.5. The minimum Gasteiger partial charge on any atom is -0.348 e. The van der Waals surface area contributed by atoms with E-state index in [0.29, 0.717) is 23.1 Å². The Bertz CT molecular complexity index is 698. The van der Waals surface area contributed by atoms with Gasteiger partial charge in [-0.25, -0.2) is 9.97 Å². The molecule has 0 radical (unpaired) electrons. The Balaban J connectivity index is 1.59. The summed E-state index contributed by atoms with van der Waals surface area (Å²) in [7, 11) is 2.10. The van der Waals surface area contributed by atoms with Gasteiger partial charge in [-0.1, -0.05) is 29.8 Å². The number of carbonyl (C=O) groups is 1. The largest absolute Gasteiger partial charge is 0.348 e. The molecule has 0 atom stereocenters. The summed E-state index contributed by atoms with van der Waals surface area (Å²) in [4.78, 5) is 25.3.